The molecule has 2 heterocycles. The average molecular weight is 466 g/mol. The molecule has 3 aromatic carbocycles. The Balaban J connectivity index is 1.55. The molecule has 0 spiro atoms. The number of anilines is 1. The highest BCUT2D eigenvalue weighted by atomic mass is 19.4. The second kappa shape index (κ2) is 9.14. The largest absolute Gasteiger partial charge is 0.418 e. The summed E-state index contributed by atoms with van der Waals surface area (Å²) in [6.07, 6.45) is -2.58. The smallest absolute Gasteiger partial charge is 0.396 e. The first-order chi connectivity index (χ1) is 16.4. The van der Waals surface area contributed by atoms with Crippen LogP contribution in [-0.4, -0.2) is 34.6 Å². The molecular formula is C27H26F3N3O. The number of hydrogen-bond acceptors (Lipinski definition) is 3. The maximum absolute atomic E-state index is 13.7. The number of aliphatic hydroxyl groups is 1. The molecule has 0 atom stereocenters. The minimum absolute atomic E-state index is 0.0314. The summed E-state index contributed by atoms with van der Waals surface area (Å²) in [6, 6.07) is 21.8. The van der Waals surface area contributed by atoms with E-state index in [1.807, 2.05) is 54.6 Å². The second-order valence-corrected chi connectivity index (χ2v) is 8.85. The van der Waals surface area contributed by atoms with Crippen LogP contribution in [0.3, 0.4) is 0 Å². The molecule has 7 heteroatoms. The molecule has 0 aliphatic carbocycles. The average Bonchev–Trinajstić information content (AvgIpc) is 3.22. The van der Waals surface area contributed by atoms with Crippen LogP contribution in [0.5, 0.6) is 0 Å². The lowest BCUT2D eigenvalue weighted by atomic mass is 9.97. The van der Waals surface area contributed by atoms with Gasteiger partial charge in [-0.1, -0.05) is 54.6 Å². The summed E-state index contributed by atoms with van der Waals surface area (Å²) < 4.78 is 42.9. The summed E-state index contributed by atoms with van der Waals surface area (Å²) in [7, 11) is 0. The zero-order chi connectivity index (χ0) is 23.7. The van der Waals surface area contributed by atoms with Gasteiger partial charge in [-0.3, -0.25) is 4.68 Å². The normalized spacial score (nSPS) is 15.2. The summed E-state index contributed by atoms with van der Waals surface area (Å²) >= 11 is 0. The number of benzene rings is 3. The van der Waals surface area contributed by atoms with Crippen molar-refractivity contribution in [3.8, 4) is 11.3 Å². The van der Waals surface area contributed by atoms with Crippen molar-refractivity contribution in [2.24, 2.45) is 5.92 Å². The molecule has 0 amide bonds. The predicted molar refractivity (Wildman–Crippen MR) is 128 cm³/mol. The van der Waals surface area contributed by atoms with E-state index in [2.05, 4.69) is 10.00 Å². The van der Waals surface area contributed by atoms with Gasteiger partial charge in [0.1, 0.15) is 5.52 Å². The van der Waals surface area contributed by atoms with Crippen LogP contribution in [0.4, 0.5) is 18.9 Å². The standard InChI is InChI=1S/C27H26F3N3O/c28-27(29,30)24-8-4-7-23-25(24)31-33(17-19-5-2-1-3-6-19)26(23)21-9-11-22(12-10-21)32-15-13-20(18-34)14-16-32/h1-12,20,34H,13-18H2. The highest BCUT2D eigenvalue weighted by Crippen LogP contribution is 2.38. The van der Waals surface area contributed by atoms with E-state index in [-0.39, 0.29) is 12.1 Å². The molecule has 5 rings (SSSR count). The number of aliphatic hydroxyl groups excluding tert-OH is 1. The van der Waals surface area contributed by atoms with Crippen LogP contribution in [0.25, 0.3) is 22.2 Å². The topological polar surface area (TPSA) is 41.3 Å². The molecule has 0 radical (unpaired) electrons. The van der Waals surface area contributed by atoms with Crippen LogP contribution < -0.4 is 4.90 Å². The lowest BCUT2D eigenvalue weighted by Crippen LogP contribution is -2.34. The fraction of sp³-hybridized carbons (Fsp3) is 0.296. The van der Waals surface area contributed by atoms with Gasteiger partial charge < -0.3 is 10.0 Å². The Morgan fingerprint density at radius 2 is 1.59 bits per heavy atom. The van der Waals surface area contributed by atoms with Gasteiger partial charge in [0.05, 0.1) is 17.8 Å². The molecular weight excluding hydrogens is 439 g/mol. The van der Waals surface area contributed by atoms with E-state index in [0.717, 1.165) is 48.8 Å². The number of hydrogen-bond donors (Lipinski definition) is 1. The van der Waals surface area contributed by atoms with E-state index in [9.17, 15) is 18.3 Å². The molecule has 4 nitrogen and oxygen atoms in total. The number of aromatic nitrogens is 2. The highest BCUT2D eigenvalue weighted by Gasteiger charge is 2.34. The van der Waals surface area contributed by atoms with Gasteiger partial charge in [-0.15, -0.1) is 0 Å². The van der Waals surface area contributed by atoms with Crippen LogP contribution in [0.2, 0.25) is 0 Å². The van der Waals surface area contributed by atoms with E-state index >= 15 is 0 Å². The van der Waals surface area contributed by atoms with Crippen molar-refractivity contribution >= 4 is 16.6 Å². The molecule has 34 heavy (non-hydrogen) atoms. The summed E-state index contributed by atoms with van der Waals surface area (Å²) in [5.74, 6) is 0.358. The zero-order valence-electron chi connectivity index (χ0n) is 18.7. The summed E-state index contributed by atoms with van der Waals surface area (Å²) in [6.45, 7) is 2.37. The van der Waals surface area contributed by atoms with E-state index in [1.165, 1.54) is 6.07 Å². The molecule has 4 aromatic rings. The van der Waals surface area contributed by atoms with Crippen LogP contribution in [0.15, 0.2) is 72.8 Å². The Morgan fingerprint density at radius 1 is 0.882 bits per heavy atom. The molecule has 176 valence electrons. The summed E-state index contributed by atoms with van der Waals surface area (Å²) in [4.78, 5) is 2.29. The molecule has 1 aliphatic heterocycles. The first kappa shape index (κ1) is 22.5. The quantitative estimate of drug-likeness (QED) is 0.394. The fourth-order valence-corrected chi connectivity index (χ4v) is 4.76. The Morgan fingerprint density at radius 3 is 2.24 bits per heavy atom. The van der Waals surface area contributed by atoms with Crippen LogP contribution in [0.1, 0.15) is 24.0 Å². The van der Waals surface area contributed by atoms with Gasteiger partial charge >= 0.3 is 6.18 Å². The van der Waals surface area contributed by atoms with Crippen LogP contribution >= 0.6 is 0 Å². The molecule has 0 saturated carbocycles. The predicted octanol–water partition coefficient (Wildman–Crippen LogP) is 5.98. The van der Waals surface area contributed by atoms with Crippen molar-refractivity contribution in [3.05, 3.63) is 83.9 Å². The molecule has 1 aromatic heterocycles. The van der Waals surface area contributed by atoms with Crippen molar-refractivity contribution in [2.45, 2.75) is 25.6 Å². The molecule has 1 aliphatic rings. The van der Waals surface area contributed by atoms with Gasteiger partial charge in [0.25, 0.3) is 0 Å². The zero-order valence-corrected chi connectivity index (χ0v) is 18.7. The van der Waals surface area contributed by atoms with Gasteiger partial charge in [0.2, 0.25) is 0 Å². The number of nitrogens with zero attached hydrogens (tertiary/aromatic N) is 3. The van der Waals surface area contributed by atoms with Gasteiger partial charge in [0, 0.05) is 36.3 Å². The number of alkyl halides is 3. The third-order valence-electron chi connectivity index (χ3n) is 6.63. The third kappa shape index (κ3) is 4.40. The maximum Gasteiger partial charge on any atom is 0.418 e. The number of rotatable bonds is 5. The van der Waals surface area contributed by atoms with Crippen molar-refractivity contribution in [3.63, 3.8) is 0 Å². The van der Waals surface area contributed by atoms with Crippen LogP contribution in [0, 0.1) is 5.92 Å². The van der Waals surface area contributed by atoms with E-state index in [4.69, 9.17) is 0 Å². The lowest BCUT2D eigenvalue weighted by molar-refractivity contribution is -0.136. The van der Waals surface area contributed by atoms with Crippen molar-refractivity contribution in [1.29, 1.82) is 0 Å². The van der Waals surface area contributed by atoms with Crippen LogP contribution in [-0.2, 0) is 12.7 Å². The summed E-state index contributed by atoms with van der Waals surface area (Å²) in [5.41, 5.74) is 2.79. The Hall–Kier alpha value is -3.32. The lowest BCUT2D eigenvalue weighted by Gasteiger charge is -2.33. The maximum atomic E-state index is 13.7. The molecule has 0 bridgehead atoms. The van der Waals surface area contributed by atoms with Crippen molar-refractivity contribution in [1.82, 2.24) is 9.78 Å². The van der Waals surface area contributed by atoms with Crippen molar-refractivity contribution < 1.29 is 18.3 Å². The minimum atomic E-state index is -4.48. The monoisotopic (exact) mass is 465 g/mol. The molecule has 0 unspecified atom stereocenters. The Labute approximate surface area is 196 Å². The first-order valence-electron chi connectivity index (χ1n) is 11.5. The van der Waals surface area contributed by atoms with Crippen molar-refractivity contribution in [2.75, 3.05) is 24.6 Å². The molecule has 1 N–H and O–H groups in total. The second-order valence-electron chi connectivity index (χ2n) is 8.85. The number of fused-ring (bicyclic) bond motifs is 1. The summed E-state index contributed by atoms with van der Waals surface area (Å²) in [5, 5.41) is 14.3. The van der Waals surface area contributed by atoms with E-state index in [0.29, 0.717) is 23.5 Å². The first-order valence-corrected chi connectivity index (χ1v) is 11.5. The van der Waals surface area contributed by atoms with E-state index < -0.39 is 11.7 Å². The fourth-order valence-electron chi connectivity index (χ4n) is 4.76. The molecule has 1 saturated heterocycles. The highest BCUT2D eigenvalue weighted by molar-refractivity contribution is 5.95. The van der Waals surface area contributed by atoms with Gasteiger partial charge in [-0.25, -0.2) is 0 Å². The number of piperidine rings is 1. The molecule has 1 fully saturated rings. The van der Waals surface area contributed by atoms with E-state index in [1.54, 1.807) is 10.7 Å². The Kier molecular flexibility index (Phi) is 6.04. The van der Waals surface area contributed by atoms with Gasteiger partial charge in [-0.05, 0) is 42.5 Å². The minimum Gasteiger partial charge on any atom is -0.396 e. The SMILES string of the molecule is OCC1CCN(c2ccc(-c3c4cccc(C(F)(F)F)c4nn3Cc3ccccc3)cc2)CC1. The van der Waals surface area contributed by atoms with Gasteiger partial charge in [-0.2, -0.15) is 18.3 Å². The van der Waals surface area contributed by atoms with Gasteiger partial charge in [0.15, 0.2) is 0 Å². The third-order valence-corrected chi connectivity index (χ3v) is 6.63. The number of halogens is 3. The Bertz CT molecular complexity index is 1260.